The van der Waals surface area contributed by atoms with Crippen LogP contribution in [0, 0.1) is 11.8 Å². The Bertz CT molecular complexity index is 628. The smallest absolute Gasteiger partial charge is 0.246 e. The van der Waals surface area contributed by atoms with Gasteiger partial charge in [0.05, 0.1) is 6.61 Å². The van der Waals surface area contributed by atoms with E-state index in [1.807, 2.05) is 6.07 Å². The second-order valence-electron chi connectivity index (χ2n) is 3.91. The topological polar surface area (TPSA) is 92.9 Å². The maximum Gasteiger partial charge on any atom is 0.246 e. The number of carbonyl (C=O) groups is 1. The molecule has 102 valence electrons. The van der Waals surface area contributed by atoms with Gasteiger partial charge in [0.2, 0.25) is 5.91 Å². The van der Waals surface area contributed by atoms with Crippen LogP contribution in [-0.4, -0.2) is 37.8 Å². The van der Waals surface area contributed by atoms with E-state index in [1.165, 1.54) is 11.0 Å². The zero-order valence-corrected chi connectivity index (χ0v) is 10.7. The van der Waals surface area contributed by atoms with Gasteiger partial charge in [0.1, 0.15) is 12.9 Å². The van der Waals surface area contributed by atoms with Gasteiger partial charge < -0.3 is 10.4 Å². The third kappa shape index (κ3) is 4.19. The summed E-state index contributed by atoms with van der Waals surface area (Å²) in [7, 11) is 0. The molecule has 0 spiro atoms. The van der Waals surface area contributed by atoms with Crippen molar-refractivity contribution < 1.29 is 9.90 Å². The first-order valence-electron chi connectivity index (χ1n) is 5.98. The Hall–Kier alpha value is -2.72. The monoisotopic (exact) mass is 271 g/mol. The number of aromatic nitrogens is 4. The molecule has 0 bridgehead atoms. The zero-order valence-electron chi connectivity index (χ0n) is 10.7. The van der Waals surface area contributed by atoms with Gasteiger partial charge in [-0.1, -0.05) is 17.9 Å². The molecule has 0 aliphatic heterocycles. The number of hydrogen-bond donors (Lipinski definition) is 2. The molecule has 1 amide bonds. The fourth-order valence-electron chi connectivity index (χ4n) is 1.50. The fraction of sp³-hybridized carbons (Fsp3) is 0.231. The molecule has 0 radical (unpaired) electrons. The van der Waals surface area contributed by atoms with Gasteiger partial charge in [-0.3, -0.25) is 4.79 Å². The molecule has 0 aliphatic carbocycles. The molecule has 0 saturated carbocycles. The minimum absolute atomic E-state index is 0.0371. The van der Waals surface area contributed by atoms with Gasteiger partial charge in [0.25, 0.3) is 0 Å². The first-order valence-corrected chi connectivity index (χ1v) is 5.98. The summed E-state index contributed by atoms with van der Waals surface area (Å²) in [6.07, 6.45) is 1.80. The SMILES string of the molecule is O=C(Cn1cnnn1)Nc1cccc(C#CCCO)c1. The van der Waals surface area contributed by atoms with Gasteiger partial charge in [-0.25, -0.2) is 4.68 Å². The van der Waals surface area contributed by atoms with Crippen molar-refractivity contribution in [3.8, 4) is 11.8 Å². The third-order valence-corrected chi connectivity index (χ3v) is 2.31. The Morgan fingerprint density at radius 1 is 1.45 bits per heavy atom. The lowest BCUT2D eigenvalue weighted by atomic mass is 10.2. The highest BCUT2D eigenvalue weighted by Crippen LogP contribution is 2.09. The number of aliphatic hydroxyl groups excluding tert-OH is 1. The van der Waals surface area contributed by atoms with Crippen molar-refractivity contribution in [2.24, 2.45) is 0 Å². The highest BCUT2D eigenvalue weighted by atomic mass is 16.2. The molecule has 0 fully saturated rings. The van der Waals surface area contributed by atoms with Crippen molar-refractivity contribution in [2.45, 2.75) is 13.0 Å². The van der Waals surface area contributed by atoms with Crippen LogP contribution in [-0.2, 0) is 11.3 Å². The number of amides is 1. The molecule has 1 heterocycles. The average Bonchev–Trinajstić information content (AvgIpc) is 2.92. The summed E-state index contributed by atoms with van der Waals surface area (Å²) in [4.78, 5) is 11.8. The molecular weight excluding hydrogens is 258 g/mol. The average molecular weight is 271 g/mol. The summed E-state index contributed by atoms with van der Waals surface area (Å²) in [5.74, 6) is 5.51. The van der Waals surface area contributed by atoms with E-state index in [-0.39, 0.29) is 19.1 Å². The van der Waals surface area contributed by atoms with Gasteiger partial charge in [-0.05, 0) is 28.6 Å². The quantitative estimate of drug-likeness (QED) is 0.766. The first kappa shape index (κ1) is 13.7. The predicted molar refractivity (Wildman–Crippen MR) is 71.5 cm³/mol. The number of nitrogens with zero attached hydrogens (tertiary/aromatic N) is 4. The van der Waals surface area contributed by atoms with Gasteiger partial charge in [-0.2, -0.15) is 0 Å². The fourth-order valence-corrected chi connectivity index (χ4v) is 1.50. The van der Waals surface area contributed by atoms with Crippen molar-refractivity contribution in [3.63, 3.8) is 0 Å². The lowest BCUT2D eigenvalue weighted by Crippen LogP contribution is -2.19. The first-order chi connectivity index (χ1) is 9.78. The number of nitrogens with one attached hydrogen (secondary N) is 1. The van der Waals surface area contributed by atoms with E-state index in [2.05, 4.69) is 32.7 Å². The summed E-state index contributed by atoms with van der Waals surface area (Å²) in [5, 5.41) is 21.9. The molecule has 2 rings (SSSR count). The van der Waals surface area contributed by atoms with Crippen molar-refractivity contribution >= 4 is 11.6 Å². The van der Waals surface area contributed by atoms with E-state index in [0.717, 1.165) is 5.56 Å². The summed E-state index contributed by atoms with van der Waals surface area (Å²) in [6, 6.07) is 7.17. The zero-order chi connectivity index (χ0) is 14.2. The molecule has 20 heavy (non-hydrogen) atoms. The molecule has 2 N–H and O–H groups in total. The summed E-state index contributed by atoms with van der Waals surface area (Å²) in [5.41, 5.74) is 1.43. The van der Waals surface area contributed by atoms with Crippen LogP contribution in [0.4, 0.5) is 5.69 Å². The van der Waals surface area contributed by atoms with Crippen molar-refractivity contribution in [2.75, 3.05) is 11.9 Å². The number of aliphatic hydroxyl groups is 1. The van der Waals surface area contributed by atoms with E-state index in [4.69, 9.17) is 5.11 Å². The van der Waals surface area contributed by atoms with Crippen LogP contribution in [0.2, 0.25) is 0 Å². The maximum absolute atomic E-state index is 11.8. The van der Waals surface area contributed by atoms with Gasteiger partial charge >= 0.3 is 0 Å². The van der Waals surface area contributed by atoms with Crippen molar-refractivity contribution in [3.05, 3.63) is 36.2 Å². The number of rotatable bonds is 4. The number of tetrazole rings is 1. The number of benzene rings is 1. The maximum atomic E-state index is 11.8. The normalized spacial score (nSPS) is 9.65. The standard InChI is InChI=1S/C13H13N5O2/c19-7-2-1-4-11-5-3-6-12(8-11)15-13(20)9-18-10-14-16-17-18/h3,5-6,8,10,19H,2,7,9H2,(H,15,20). The molecular formula is C13H13N5O2. The largest absolute Gasteiger partial charge is 0.395 e. The summed E-state index contributed by atoms with van der Waals surface area (Å²) in [6.45, 7) is 0.0861. The van der Waals surface area contributed by atoms with Crippen LogP contribution in [0.1, 0.15) is 12.0 Å². The Morgan fingerprint density at radius 3 is 3.10 bits per heavy atom. The van der Waals surface area contributed by atoms with Crippen molar-refractivity contribution in [1.29, 1.82) is 0 Å². The Balaban J connectivity index is 1.97. The number of anilines is 1. The number of hydrogen-bond acceptors (Lipinski definition) is 5. The second-order valence-corrected chi connectivity index (χ2v) is 3.91. The molecule has 0 atom stereocenters. The van der Waals surface area contributed by atoms with Crippen LogP contribution in [0.3, 0.4) is 0 Å². The molecule has 1 aromatic carbocycles. The molecule has 1 aromatic heterocycles. The molecule has 0 unspecified atom stereocenters. The van der Waals surface area contributed by atoms with E-state index < -0.39 is 0 Å². The van der Waals surface area contributed by atoms with Crippen LogP contribution < -0.4 is 5.32 Å². The summed E-state index contributed by atoms with van der Waals surface area (Å²) >= 11 is 0. The highest BCUT2D eigenvalue weighted by Gasteiger charge is 2.04. The highest BCUT2D eigenvalue weighted by molar-refractivity contribution is 5.90. The third-order valence-electron chi connectivity index (χ3n) is 2.31. The lowest BCUT2D eigenvalue weighted by molar-refractivity contribution is -0.116. The Morgan fingerprint density at radius 2 is 2.35 bits per heavy atom. The van der Waals surface area contributed by atoms with Gasteiger partial charge in [-0.15, -0.1) is 5.10 Å². The molecule has 7 nitrogen and oxygen atoms in total. The van der Waals surface area contributed by atoms with Crippen LogP contribution in [0.5, 0.6) is 0 Å². The van der Waals surface area contributed by atoms with E-state index in [0.29, 0.717) is 12.1 Å². The van der Waals surface area contributed by atoms with E-state index in [1.54, 1.807) is 18.2 Å². The van der Waals surface area contributed by atoms with E-state index in [9.17, 15) is 4.79 Å². The minimum Gasteiger partial charge on any atom is -0.395 e. The van der Waals surface area contributed by atoms with E-state index >= 15 is 0 Å². The Kier molecular flexibility index (Phi) is 4.81. The number of carbonyl (C=O) groups excluding carboxylic acids is 1. The molecule has 7 heteroatoms. The van der Waals surface area contributed by atoms with Crippen LogP contribution in [0.15, 0.2) is 30.6 Å². The van der Waals surface area contributed by atoms with Gasteiger partial charge in [0, 0.05) is 17.7 Å². The summed E-state index contributed by atoms with van der Waals surface area (Å²) < 4.78 is 1.33. The van der Waals surface area contributed by atoms with Crippen LogP contribution in [0.25, 0.3) is 0 Å². The van der Waals surface area contributed by atoms with Crippen LogP contribution >= 0.6 is 0 Å². The molecule has 0 aliphatic rings. The molecule has 0 saturated heterocycles. The lowest BCUT2D eigenvalue weighted by Gasteiger charge is -2.04. The predicted octanol–water partition coefficient (Wildman–Crippen LogP) is 0.0457. The second kappa shape index (κ2) is 7.01. The minimum atomic E-state index is -0.224. The van der Waals surface area contributed by atoms with Crippen molar-refractivity contribution in [1.82, 2.24) is 20.2 Å². The van der Waals surface area contributed by atoms with Gasteiger partial charge in [0.15, 0.2) is 0 Å². The Labute approximate surface area is 115 Å². The molecule has 2 aromatic rings.